The van der Waals surface area contributed by atoms with Crippen LogP contribution in [-0.2, 0) is 0 Å². The lowest BCUT2D eigenvalue weighted by Gasteiger charge is -2.43. The molecule has 0 aromatic rings. The molecule has 15 heavy (non-hydrogen) atoms. The second-order valence-corrected chi connectivity index (χ2v) is 7.77. The maximum Gasteiger partial charge on any atom is -0.0323 e. The molecule has 0 heterocycles. The predicted molar refractivity (Wildman–Crippen MR) is 66.8 cm³/mol. The van der Waals surface area contributed by atoms with Crippen LogP contribution in [0.1, 0.15) is 66.7 Å². The Bertz CT molecular complexity index is 231. The van der Waals surface area contributed by atoms with Gasteiger partial charge in [-0.25, -0.2) is 0 Å². The lowest BCUT2D eigenvalue weighted by molar-refractivity contribution is 0.0688. The summed E-state index contributed by atoms with van der Waals surface area (Å²) in [7, 11) is 0. The highest BCUT2D eigenvalue weighted by Crippen LogP contribution is 2.56. The van der Waals surface area contributed by atoms with E-state index in [0.717, 1.165) is 17.8 Å². The molecule has 0 aromatic heterocycles. The smallest absolute Gasteiger partial charge is 0.0323 e. The average Bonchev–Trinajstić information content (AvgIpc) is 2.41. The second-order valence-electron chi connectivity index (χ2n) is 7.77. The van der Waals surface area contributed by atoms with Crippen LogP contribution in [-0.4, -0.2) is 0 Å². The summed E-state index contributed by atoms with van der Waals surface area (Å²) in [6.07, 6.45) is 7.48. The lowest BCUT2D eigenvalue weighted by atomic mass is 9.62. The van der Waals surface area contributed by atoms with Gasteiger partial charge in [0.25, 0.3) is 0 Å². The molecule has 2 rings (SSSR count). The van der Waals surface area contributed by atoms with E-state index in [9.17, 15) is 0 Å². The molecule has 0 nitrogen and oxygen atoms in total. The van der Waals surface area contributed by atoms with Gasteiger partial charge in [0.15, 0.2) is 0 Å². The Labute approximate surface area is 95.8 Å². The Morgan fingerprint density at radius 2 is 1.67 bits per heavy atom. The first-order valence-electron chi connectivity index (χ1n) is 6.81. The maximum atomic E-state index is 2.50. The summed E-state index contributed by atoms with van der Waals surface area (Å²) in [5.74, 6) is 3.06. The van der Waals surface area contributed by atoms with Crippen molar-refractivity contribution >= 4 is 0 Å². The van der Waals surface area contributed by atoms with E-state index >= 15 is 0 Å². The van der Waals surface area contributed by atoms with Crippen molar-refractivity contribution in [2.75, 3.05) is 0 Å². The van der Waals surface area contributed by atoms with E-state index in [1.807, 2.05) is 0 Å². The van der Waals surface area contributed by atoms with E-state index < -0.39 is 0 Å². The third-order valence-electron chi connectivity index (χ3n) is 5.38. The van der Waals surface area contributed by atoms with Crippen LogP contribution in [0.3, 0.4) is 0 Å². The van der Waals surface area contributed by atoms with Crippen LogP contribution in [0.5, 0.6) is 0 Å². The van der Waals surface area contributed by atoms with E-state index in [-0.39, 0.29) is 0 Å². The van der Waals surface area contributed by atoms with Crippen LogP contribution in [0.25, 0.3) is 0 Å². The zero-order chi connectivity index (χ0) is 11.3. The van der Waals surface area contributed by atoms with E-state index in [1.165, 1.54) is 32.1 Å². The minimum Gasteiger partial charge on any atom is -0.0599 e. The van der Waals surface area contributed by atoms with Crippen LogP contribution in [0.4, 0.5) is 0 Å². The molecule has 0 spiro atoms. The molecule has 0 N–H and O–H groups in total. The van der Waals surface area contributed by atoms with Gasteiger partial charge >= 0.3 is 0 Å². The first-order valence-corrected chi connectivity index (χ1v) is 6.81. The second kappa shape index (κ2) is 3.50. The summed E-state index contributed by atoms with van der Waals surface area (Å²) in [5, 5.41) is 0. The first-order chi connectivity index (χ1) is 6.81. The Morgan fingerprint density at radius 3 is 2.27 bits per heavy atom. The van der Waals surface area contributed by atoms with Gasteiger partial charge in [0.2, 0.25) is 0 Å². The molecule has 2 saturated carbocycles. The van der Waals surface area contributed by atoms with Gasteiger partial charge in [-0.2, -0.15) is 0 Å². The zero-order valence-electron chi connectivity index (χ0n) is 11.3. The van der Waals surface area contributed by atoms with E-state index in [4.69, 9.17) is 0 Å². The quantitative estimate of drug-likeness (QED) is 0.532. The fourth-order valence-corrected chi connectivity index (χ4v) is 4.07. The summed E-state index contributed by atoms with van der Waals surface area (Å²) < 4.78 is 0. The molecule has 0 radical (unpaired) electrons. The average molecular weight is 208 g/mol. The number of hydrogen-bond donors (Lipinski definition) is 0. The fourth-order valence-electron chi connectivity index (χ4n) is 4.07. The highest BCUT2D eigenvalue weighted by molar-refractivity contribution is 4.96. The van der Waals surface area contributed by atoms with Crippen molar-refractivity contribution in [2.24, 2.45) is 28.6 Å². The van der Waals surface area contributed by atoms with Gasteiger partial charge in [0, 0.05) is 0 Å². The summed E-state index contributed by atoms with van der Waals surface area (Å²) in [4.78, 5) is 0. The molecule has 0 aromatic carbocycles. The van der Waals surface area contributed by atoms with Crippen molar-refractivity contribution in [3.05, 3.63) is 0 Å². The molecule has 2 fully saturated rings. The SMILES string of the molecule is CC(C)(C)C1CCC2CCC(C)(C)C2C1. The Balaban J connectivity index is 2.09. The predicted octanol–water partition coefficient (Wildman–Crippen LogP) is 4.89. The third kappa shape index (κ3) is 2.10. The van der Waals surface area contributed by atoms with Crippen molar-refractivity contribution in [2.45, 2.75) is 66.7 Å². The standard InChI is InChI=1S/C15H28/c1-14(2,3)12-7-6-11-8-9-15(4,5)13(11)10-12/h11-13H,6-10H2,1-5H3. The molecular weight excluding hydrogens is 180 g/mol. The molecule has 0 bridgehead atoms. The summed E-state index contributed by atoms with van der Waals surface area (Å²) in [5.41, 5.74) is 1.16. The molecule has 0 heteroatoms. The van der Waals surface area contributed by atoms with Gasteiger partial charge in [0.05, 0.1) is 0 Å². The van der Waals surface area contributed by atoms with Crippen molar-refractivity contribution < 1.29 is 0 Å². The summed E-state index contributed by atoms with van der Waals surface area (Å²) >= 11 is 0. The molecule has 3 atom stereocenters. The normalized spacial score (nSPS) is 40.2. The van der Waals surface area contributed by atoms with E-state index in [1.54, 1.807) is 0 Å². The van der Waals surface area contributed by atoms with E-state index in [0.29, 0.717) is 10.8 Å². The van der Waals surface area contributed by atoms with Gasteiger partial charge in [-0.05, 0) is 60.7 Å². The van der Waals surface area contributed by atoms with Crippen LogP contribution in [0.2, 0.25) is 0 Å². The molecule has 2 aliphatic carbocycles. The van der Waals surface area contributed by atoms with Crippen molar-refractivity contribution in [3.8, 4) is 0 Å². The van der Waals surface area contributed by atoms with Crippen LogP contribution >= 0.6 is 0 Å². The van der Waals surface area contributed by atoms with Crippen LogP contribution in [0.15, 0.2) is 0 Å². The molecular formula is C15H28. The highest BCUT2D eigenvalue weighted by atomic mass is 14.5. The van der Waals surface area contributed by atoms with Gasteiger partial charge in [0.1, 0.15) is 0 Å². The topological polar surface area (TPSA) is 0 Å². The largest absolute Gasteiger partial charge is 0.0599 e. The first kappa shape index (κ1) is 11.5. The fraction of sp³-hybridized carbons (Fsp3) is 1.00. The third-order valence-corrected chi connectivity index (χ3v) is 5.38. The van der Waals surface area contributed by atoms with Crippen LogP contribution in [0, 0.1) is 28.6 Å². The highest BCUT2D eigenvalue weighted by Gasteiger charge is 2.46. The molecule has 2 aliphatic rings. The van der Waals surface area contributed by atoms with Gasteiger partial charge in [-0.3, -0.25) is 0 Å². The Kier molecular flexibility index (Phi) is 2.68. The minimum absolute atomic E-state index is 0.531. The van der Waals surface area contributed by atoms with Gasteiger partial charge in [-0.15, -0.1) is 0 Å². The Hall–Kier alpha value is 0. The molecule has 0 saturated heterocycles. The zero-order valence-corrected chi connectivity index (χ0v) is 11.3. The van der Waals surface area contributed by atoms with Crippen molar-refractivity contribution in [1.29, 1.82) is 0 Å². The van der Waals surface area contributed by atoms with Crippen LogP contribution < -0.4 is 0 Å². The van der Waals surface area contributed by atoms with Gasteiger partial charge in [-0.1, -0.05) is 34.6 Å². The molecule has 0 amide bonds. The maximum absolute atomic E-state index is 2.50. The number of fused-ring (bicyclic) bond motifs is 1. The van der Waals surface area contributed by atoms with Crippen molar-refractivity contribution in [3.63, 3.8) is 0 Å². The van der Waals surface area contributed by atoms with Crippen molar-refractivity contribution in [1.82, 2.24) is 0 Å². The summed E-state index contributed by atoms with van der Waals surface area (Å²) in [6, 6.07) is 0. The molecule has 88 valence electrons. The minimum atomic E-state index is 0.531. The molecule has 3 unspecified atom stereocenters. The lowest BCUT2D eigenvalue weighted by Crippen LogP contribution is -2.34. The summed E-state index contributed by atoms with van der Waals surface area (Å²) in [6.45, 7) is 12.3. The Morgan fingerprint density at radius 1 is 1.00 bits per heavy atom. The number of rotatable bonds is 0. The number of hydrogen-bond acceptors (Lipinski definition) is 0. The molecule has 0 aliphatic heterocycles. The monoisotopic (exact) mass is 208 g/mol. The van der Waals surface area contributed by atoms with Gasteiger partial charge < -0.3 is 0 Å². The van der Waals surface area contributed by atoms with E-state index in [2.05, 4.69) is 34.6 Å².